The van der Waals surface area contributed by atoms with Crippen LogP contribution in [-0.4, -0.2) is 67.4 Å². The molecule has 1 aliphatic rings. The summed E-state index contributed by atoms with van der Waals surface area (Å²) in [5.41, 5.74) is 3.29. The number of ether oxygens (including phenoxy) is 2. The van der Waals surface area contributed by atoms with E-state index in [9.17, 15) is 4.79 Å². The number of hydrogen-bond donors (Lipinski definition) is 1. The molecule has 166 valence electrons. The summed E-state index contributed by atoms with van der Waals surface area (Å²) in [6, 6.07) is 19.4. The molecule has 8 nitrogen and oxygen atoms in total. The van der Waals surface area contributed by atoms with E-state index in [0.717, 1.165) is 30.0 Å². The van der Waals surface area contributed by atoms with Crippen molar-refractivity contribution < 1.29 is 14.3 Å². The van der Waals surface area contributed by atoms with Crippen LogP contribution in [0.3, 0.4) is 0 Å². The monoisotopic (exact) mass is 433 g/mol. The molecule has 1 amide bonds. The van der Waals surface area contributed by atoms with Gasteiger partial charge in [0.25, 0.3) is 5.91 Å². The minimum Gasteiger partial charge on any atom is -0.383 e. The van der Waals surface area contributed by atoms with E-state index in [1.54, 1.807) is 25.4 Å². The van der Waals surface area contributed by atoms with E-state index in [1.807, 2.05) is 53.5 Å². The van der Waals surface area contributed by atoms with E-state index in [1.165, 1.54) is 0 Å². The summed E-state index contributed by atoms with van der Waals surface area (Å²) in [5.74, 6) is 0.469. The standard InChI is InChI=1S/C24H27N5O3/c1-31-16-13-25-23(30)20-9-7-19(8-10-20)22-11-12-26-24(27-22)29(21-5-3-2-4-6-21)28-14-17-32-18-15-28/h2-12H,13-18H2,1H3,(H,25,30). The Kier molecular flexibility index (Phi) is 7.39. The molecule has 4 rings (SSSR count). The smallest absolute Gasteiger partial charge is 0.251 e. The van der Waals surface area contributed by atoms with E-state index < -0.39 is 0 Å². The third-order valence-electron chi connectivity index (χ3n) is 5.14. The van der Waals surface area contributed by atoms with Gasteiger partial charge in [-0.3, -0.25) is 4.79 Å². The van der Waals surface area contributed by atoms with E-state index in [4.69, 9.17) is 14.5 Å². The molecule has 32 heavy (non-hydrogen) atoms. The maximum Gasteiger partial charge on any atom is 0.251 e. The average Bonchev–Trinajstić information content (AvgIpc) is 2.86. The number of hydrazine groups is 1. The van der Waals surface area contributed by atoms with Crippen LogP contribution in [0.4, 0.5) is 11.6 Å². The molecule has 0 saturated carbocycles. The average molecular weight is 434 g/mol. The number of morpholine rings is 1. The van der Waals surface area contributed by atoms with Crippen LogP contribution < -0.4 is 10.3 Å². The Morgan fingerprint density at radius 3 is 2.56 bits per heavy atom. The second kappa shape index (κ2) is 10.8. The van der Waals surface area contributed by atoms with Crippen LogP contribution in [0, 0.1) is 0 Å². The van der Waals surface area contributed by atoms with Crippen LogP contribution in [0.1, 0.15) is 10.4 Å². The number of amides is 1. The van der Waals surface area contributed by atoms with Crippen molar-refractivity contribution in [1.82, 2.24) is 20.3 Å². The summed E-state index contributed by atoms with van der Waals surface area (Å²) < 4.78 is 10.5. The van der Waals surface area contributed by atoms with Gasteiger partial charge in [0, 0.05) is 44.1 Å². The highest BCUT2D eigenvalue weighted by Crippen LogP contribution is 2.27. The highest BCUT2D eigenvalue weighted by Gasteiger charge is 2.23. The third kappa shape index (κ3) is 5.28. The lowest BCUT2D eigenvalue weighted by Crippen LogP contribution is -2.47. The zero-order valence-corrected chi connectivity index (χ0v) is 18.1. The summed E-state index contributed by atoms with van der Waals surface area (Å²) in [4.78, 5) is 21.6. The molecule has 3 aromatic rings. The second-order valence-electron chi connectivity index (χ2n) is 7.28. The van der Waals surface area contributed by atoms with Crippen LogP contribution in [0.15, 0.2) is 66.9 Å². The molecule has 0 unspecified atom stereocenters. The molecular formula is C24H27N5O3. The van der Waals surface area contributed by atoms with Crippen molar-refractivity contribution in [2.24, 2.45) is 0 Å². The number of carbonyl (C=O) groups is 1. The first-order valence-corrected chi connectivity index (χ1v) is 10.6. The summed E-state index contributed by atoms with van der Waals surface area (Å²) in [6.07, 6.45) is 1.76. The number of carbonyl (C=O) groups excluding carboxylic acids is 1. The minimum atomic E-state index is -0.125. The first kappa shape index (κ1) is 21.9. The predicted octanol–water partition coefficient (Wildman–Crippen LogP) is 2.91. The van der Waals surface area contributed by atoms with Crippen molar-refractivity contribution in [3.05, 3.63) is 72.4 Å². The van der Waals surface area contributed by atoms with Gasteiger partial charge in [0.15, 0.2) is 0 Å². The van der Waals surface area contributed by atoms with Crippen molar-refractivity contribution in [1.29, 1.82) is 0 Å². The molecule has 1 fully saturated rings. The third-order valence-corrected chi connectivity index (χ3v) is 5.14. The van der Waals surface area contributed by atoms with E-state index in [-0.39, 0.29) is 5.91 Å². The lowest BCUT2D eigenvalue weighted by atomic mass is 10.1. The molecule has 0 spiro atoms. The van der Waals surface area contributed by atoms with Crippen LogP contribution in [-0.2, 0) is 9.47 Å². The van der Waals surface area contributed by atoms with E-state index >= 15 is 0 Å². The SMILES string of the molecule is COCCNC(=O)c1ccc(-c2ccnc(N(c3ccccc3)N3CCOCC3)n2)cc1. The Morgan fingerprint density at radius 2 is 1.84 bits per heavy atom. The zero-order chi connectivity index (χ0) is 22.2. The lowest BCUT2D eigenvalue weighted by molar-refractivity contribution is 0.0371. The van der Waals surface area contributed by atoms with Crippen LogP contribution in [0.2, 0.25) is 0 Å². The summed E-state index contributed by atoms with van der Waals surface area (Å²) in [7, 11) is 1.61. The Bertz CT molecular complexity index is 1010. The van der Waals surface area contributed by atoms with Gasteiger partial charge < -0.3 is 14.8 Å². The number of rotatable bonds is 8. The maximum absolute atomic E-state index is 12.2. The molecule has 0 aliphatic carbocycles. The summed E-state index contributed by atoms with van der Waals surface area (Å²) in [5, 5.41) is 7.07. The van der Waals surface area contributed by atoms with Gasteiger partial charge in [0.1, 0.15) is 0 Å². The largest absolute Gasteiger partial charge is 0.383 e. The van der Waals surface area contributed by atoms with Gasteiger partial charge in [-0.25, -0.2) is 20.0 Å². The molecule has 0 radical (unpaired) electrons. The lowest BCUT2D eigenvalue weighted by Gasteiger charge is -2.37. The zero-order valence-electron chi connectivity index (χ0n) is 18.1. The molecule has 1 N–H and O–H groups in total. The van der Waals surface area contributed by atoms with E-state index in [0.29, 0.717) is 37.9 Å². The Balaban J connectivity index is 1.58. The highest BCUT2D eigenvalue weighted by atomic mass is 16.5. The fourth-order valence-electron chi connectivity index (χ4n) is 3.50. The predicted molar refractivity (Wildman–Crippen MR) is 123 cm³/mol. The van der Waals surface area contributed by atoms with Gasteiger partial charge in [0.2, 0.25) is 5.95 Å². The quantitative estimate of drug-likeness (QED) is 0.547. The Labute approximate surface area is 187 Å². The van der Waals surface area contributed by atoms with Crippen LogP contribution >= 0.6 is 0 Å². The van der Waals surface area contributed by atoms with Gasteiger partial charge >= 0.3 is 0 Å². The van der Waals surface area contributed by atoms with Gasteiger partial charge in [-0.15, -0.1) is 0 Å². The fourth-order valence-corrected chi connectivity index (χ4v) is 3.50. The fraction of sp³-hybridized carbons (Fsp3) is 0.292. The van der Waals surface area contributed by atoms with Crippen LogP contribution in [0.25, 0.3) is 11.3 Å². The molecule has 8 heteroatoms. The van der Waals surface area contributed by atoms with E-state index in [2.05, 4.69) is 15.3 Å². The molecule has 2 heterocycles. The van der Waals surface area contributed by atoms with Crippen molar-refractivity contribution in [3.8, 4) is 11.3 Å². The molecule has 0 bridgehead atoms. The first-order valence-electron chi connectivity index (χ1n) is 10.6. The van der Waals surface area contributed by atoms with Crippen LogP contribution in [0.5, 0.6) is 0 Å². The van der Waals surface area contributed by atoms with Crippen molar-refractivity contribution in [3.63, 3.8) is 0 Å². The number of methoxy groups -OCH3 is 1. The number of para-hydroxylation sites is 1. The Hall–Kier alpha value is -3.33. The molecule has 2 aromatic carbocycles. The number of nitrogens with zero attached hydrogens (tertiary/aromatic N) is 4. The van der Waals surface area contributed by atoms with Crippen molar-refractivity contribution in [2.45, 2.75) is 0 Å². The topological polar surface area (TPSA) is 79.8 Å². The van der Waals surface area contributed by atoms with Crippen molar-refractivity contribution in [2.75, 3.05) is 51.6 Å². The minimum absolute atomic E-state index is 0.125. The summed E-state index contributed by atoms with van der Waals surface area (Å²) in [6.45, 7) is 3.80. The van der Waals surface area contributed by atoms with Gasteiger partial charge in [-0.1, -0.05) is 30.3 Å². The number of aromatic nitrogens is 2. The highest BCUT2D eigenvalue weighted by molar-refractivity contribution is 5.94. The number of benzene rings is 2. The van der Waals surface area contributed by atoms with Crippen molar-refractivity contribution >= 4 is 17.5 Å². The Morgan fingerprint density at radius 1 is 1.09 bits per heavy atom. The maximum atomic E-state index is 12.2. The number of hydrogen-bond acceptors (Lipinski definition) is 7. The van der Waals surface area contributed by atoms with Gasteiger partial charge in [0.05, 0.1) is 31.2 Å². The summed E-state index contributed by atoms with van der Waals surface area (Å²) >= 11 is 0. The van der Waals surface area contributed by atoms with Gasteiger partial charge in [-0.05, 0) is 30.3 Å². The normalized spacial score (nSPS) is 14.2. The molecule has 1 saturated heterocycles. The second-order valence-corrected chi connectivity index (χ2v) is 7.28. The molecular weight excluding hydrogens is 406 g/mol. The molecule has 1 aliphatic heterocycles. The first-order chi connectivity index (χ1) is 15.8. The van der Waals surface area contributed by atoms with Gasteiger partial charge in [-0.2, -0.15) is 0 Å². The molecule has 0 atom stereocenters. The number of anilines is 2. The molecule has 1 aromatic heterocycles. The number of nitrogens with one attached hydrogen (secondary N) is 1.